The van der Waals surface area contributed by atoms with Gasteiger partial charge in [0.1, 0.15) is 0 Å². The number of aryl methyl sites for hydroxylation is 1. The number of H-pyrrole nitrogens is 1. The van der Waals surface area contributed by atoms with Crippen molar-refractivity contribution in [3.05, 3.63) is 94.0 Å². The molecule has 34 heavy (non-hydrogen) atoms. The van der Waals surface area contributed by atoms with E-state index in [1.54, 1.807) is 0 Å². The average Bonchev–Trinajstić information content (AvgIpc) is 3.19. The molecule has 0 radical (unpaired) electrons. The van der Waals surface area contributed by atoms with Crippen molar-refractivity contribution in [2.24, 2.45) is 0 Å². The number of nitrogens with zero attached hydrogens (tertiary/aromatic N) is 1. The highest BCUT2D eigenvalue weighted by molar-refractivity contribution is 6.31. The molecule has 1 aliphatic rings. The predicted octanol–water partition coefficient (Wildman–Crippen LogP) is 7.14. The smallest absolute Gasteiger partial charge is 0.0712 e. The Morgan fingerprint density at radius 1 is 0.882 bits per heavy atom. The summed E-state index contributed by atoms with van der Waals surface area (Å²) in [7, 11) is 0. The molecular weight excluding hydrogens is 463 g/mol. The van der Waals surface area contributed by atoms with E-state index in [9.17, 15) is 5.11 Å². The summed E-state index contributed by atoms with van der Waals surface area (Å²) < 4.78 is 0. The van der Waals surface area contributed by atoms with Crippen molar-refractivity contribution in [2.75, 3.05) is 19.6 Å². The number of nitrogens with one attached hydrogen (secondary N) is 1. The summed E-state index contributed by atoms with van der Waals surface area (Å²) in [6, 6.07) is 24.4. The number of benzene rings is 3. The molecule has 1 saturated heterocycles. The minimum Gasteiger partial charge on any atom is -0.389 e. The molecule has 0 bridgehead atoms. The zero-order chi connectivity index (χ0) is 23.5. The molecule has 0 atom stereocenters. The highest BCUT2D eigenvalue weighted by atomic mass is 35.5. The molecule has 0 saturated carbocycles. The third kappa shape index (κ3) is 5.34. The predicted molar refractivity (Wildman–Crippen MR) is 143 cm³/mol. The molecule has 3 aromatic carbocycles. The fourth-order valence-electron chi connectivity index (χ4n) is 5.17. The van der Waals surface area contributed by atoms with Crippen LogP contribution in [0.5, 0.6) is 0 Å². The van der Waals surface area contributed by atoms with Gasteiger partial charge in [0, 0.05) is 46.2 Å². The summed E-state index contributed by atoms with van der Waals surface area (Å²) in [4.78, 5) is 6.09. The van der Waals surface area contributed by atoms with Crippen LogP contribution in [-0.4, -0.2) is 40.2 Å². The highest BCUT2D eigenvalue weighted by Gasteiger charge is 2.32. The van der Waals surface area contributed by atoms with E-state index in [2.05, 4.69) is 46.3 Å². The lowest BCUT2D eigenvalue weighted by Crippen LogP contribution is -2.45. The van der Waals surface area contributed by atoms with Gasteiger partial charge in [-0.15, -0.1) is 0 Å². The summed E-state index contributed by atoms with van der Waals surface area (Å²) in [6.07, 6.45) is 4.39. The van der Waals surface area contributed by atoms with Crippen molar-refractivity contribution in [1.82, 2.24) is 9.88 Å². The van der Waals surface area contributed by atoms with Crippen LogP contribution in [0.4, 0.5) is 0 Å². The lowest BCUT2D eigenvalue weighted by Gasteiger charge is -2.38. The van der Waals surface area contributed by atoms with E-state index >= 15 is 0 Å². The van der Waals surface area contributed by atoms with Crippen molar-refractivity contribution in [3.63, 3.8) is 0 Å². The number of hydrogen-bond acceptors (Lipinski definition) is 2. The zero-order valence-electron chi connectivity index (χ0n) is 19.2. The molecule has 0 amide bonds. The maximum atomic E-state index is 11.1. The van der Waals surface area contributed by atoms with E-state index in [1.165, 1.54) is 16.5 Å². The van der Waals surface area contributed by atoms with E-state index in [0.717, 1.165) is 78.6 Å². The first-order valence-corrected chi connectivity index (χ1v) is 12.8. The molecule has 5 heteroatoms. The van der Waals surface area contributed by atoms with E-state index in [1.807, 2.05) is 36.4 Å². The van der Waals surface area contributed by atoms with Gasteiger partial charge in [-0.25, -0.2) is 0 Å². The Bertz CT molecular complexity index is 1240. The van der Waals surface area contributed by atoms with Crippen molar-refractivity contribution >= 4 is 34.1 Å². The lowest BCUT2D eigenvalue weighted by atomic mass is 9.85. The Morgan fingerprint density at radius 3 is 2.32 bits per heavy atom. The number of halogens is 2. The van der Waals surface area contributed by atoms with Gasteiger partial charge in [0.25, 0.3) is 0 Å². The van der Waals surface area contributed by atoms with Crippen LogP contribution in [0.3, 0.4) is 0 Å². The van der Waals surface area contributed by atoms with Gasteiger partial charge < -0.3 is 15.0 Å². The maximum absolute atomic E-state index is 11.1. The SMILES string of the molecule is OC1(Cc2ccccc2)CCN(CCCc2c(-c3ccc(Cl)cc3)[nH]c3ccc(Cl)cc23)CC1. The number of aliphatic hydroxyl groups is 1. The molecule has 1 aliphatic heterocycles. The molecule has 176 valence electrons. The van der Waals surface area contributed by atoms with Crippen LogP contribution < -0.4 is 0 Å². The van der Waals surface area contributed by atoms with Gasteiger partial charge >= 0.3 is 0 Å². The molecule has 3 nitrogen and oxygen atoms in total. The van der Waals surface area contributed by atoms with Gasteiger partial charge in [0.05, 0.1) is 5.60 Å². The number of piperidine rings is 1. The minimum absolute atomic E-state index is 0.590. The quantitative estimate of drug-likeness (QED) is 0.287. The third-order valence-corrected chi connectivity index (χ3v) is 7.55. The Morgan fingerprint density at radius 2 is 1.59 bits per heavy atom. The van der Waals surface area contributed by atoms with Crippen molar-refractivity contribution in [3.8, 4) is 11.3 Å². The molecule has 0 unspecified atom stereocenters. The largest absolute Gasteiger partial charge is 0.389 e. The fraction of sp³-hybridized carbons (Fsp3) is 0.310. The number of aromatic nitrogens is 1. The molecule has 5 rings (SSSR count). The summed E-state index contributed by atoms with van der Waals surface area (Å²) >= 11 is 12.5. The molecule has 2 N–H and O–H groups in total. The second kappa shape index (κ2) is 10.1. The van der Waals surface area contributed by atoms with Gasteiger partial charge in [-0.05, 0) is 79.3 Å². The fourth-order valence-corrected chi connectivity index (χ4v) is 5.47. The van der Waals surface area contributed by atoms with Crippen LogP contribution >= 0.6 is 23.2 Å². The number of likely N-dealkylation sites (tertiary alicyclic amines) is 1. The normalized spacial score (nSPS) is 16.2. The number of fused-ring (bicyclic) bond motifs is 1. The molecule has 4 aromatic rings. The molecule has 1 aromatic heterocycles. The van der Waals surface area contributed by atoms with Crippen LogP contribution in [0.25, 0.3) is 22.2 Å². The van der Waals surface area contributed by atoms with Crippen molar-refractivity contribution in [2.45, 2.75) is 37.7 Å². The first-order chi connectivity index (χ1) is 16.5. The van der Waals surface area contributed by atoms with Crippen molar-refractivity contribution < 1.29 is 5.11 Å². The molecule has 0 spiro atoms. The Balaban J connectivity index is 1.24. The maximum Gasteiger partial charge on any atom is 0.0712 e. The molecule has 1 fully saturated rings. The standard InChI is InChI=1S/C29H30Cl2N2O/c30-23-10-8-22(9-11-23)28-25(26-19-24(31)12-13-27(26)32-28)7-4-16-33-17-14-29(34,15-18-33)20-21-5-2-1-3-6-21/h1-3,5-6,8-13,19,32,34H,4,7,14-18,20H2. The minimum atomic E-state index is -0.590. The first-order valence-electron chi connectivity index (χ1n) is 12.0. The van der Waals surface area contributed by atoms with Gasteiger partial charge in [-0.2, -0.15) is 0 Å². The highest BCUT2D eigenvalue weighted by Crippen LogP contribution is 2.34. The summed E-state index contributed by atoms with van der Waals surface area (Å²) in [5.41, 5.74) is 5.31. The second-order valence-corrected chi connectivity index (χ2v) is 10.4. The first kappa shape index (κ1) is 23.4. The summed E-state index contributed by atoms with van der Waals surface area (Å²) in [6.45, 7) is 2.90. The molecular formula is C29H30Cl2N2O. The van der Waals surface area contributed by atoms with Crippen LogP contribution in [0.2, 0.25) is 10.0 Å². The Hall–Kier alpha value is -2.30. The van der Waals surface area contributed by atoms with Gasteiger partial charge in [0.15, 0.2) is 0 Å². The van der Waals surface area contributed by atoms with E-state index in [-0.39, 0.29) is 0 Å². The van der Waals surface area contributed by atoms with Crippen LogP contribution in [0, 0.1) is 0 Å². The van der Waals surface area contributed by atoms with Crippen molar-refractivity contribution in [1.29, 1.82) is 0 Å². The lowest BCUT2D eigenvalue weighted by molar-refractivity contribution is -0.0207. The Kier molecular flexibility index (Phi) is 6.99. The topological polar surface area (TPSA) is 39.3 Å². The van der Waals surface area contributed by atoms with Crippen LogP contribution in [0.15, 0.2) is 72.8 Å². The van der Waals surface area contributed by atoms with Gasteiger partial charge in [-0.1, -0.05) is 65.7 Å². The summed E-state index contributed by atoms with van der Waals surface area (Å²) in [5.74, 6) is 0. The monoisotopic (exact) mass is 492 g/mol. The second-order valence-electron chi connectivity index (χ2n) is 9.51. The summed E-state index contributed by atoms with van der Waals surface area (Å²) in [5, 5.41) is 13.8. The molecule has 0 aliphatic carbocycles. The van der Waals surface area contributed by atoms with Crippen LogP contribution in [0.1, 0.15) is 30.4 Å². The zero-order valence-corrected chi connectivity index (χ0v) is 20.7. The van der Waals surface area contributed by atoms with E-state index in [0.29, 0.717) is 0 Å². The number of hydrogen-bond donors (Lipinski definition) is 2. The third-order valence-electron chi connectivity index (χ3n) is 7.06. The van der Waals surface area contributed by atoms with Gasteiger partial charge in [0.2, 0.25) is 0 Å². The average molecular weight is 493 g/mol. The Labute approximate surface area is 211 Å². The van der Waals surface area contributed by atoms with Gasteiger partial charge in [-0.3, -0.25) is 0 Å². The molecule has 2 heterocycles. The number of rotatable bonds is 7. The number of aromatic amines is 1. The van der Waals surface area contributed by atoms with Crippen LogP contribution in [-0.2, 0) is 12.8 Å². The van der Waals surface area contributed by atoms with E-state index < -0.39 is 5.60 Å². The van der Waals surface area contributed by atoms with E-state index in [4.69, 9.17) is 23.2 Å².